The Kier molecular flexibility index (Phi) is 4.73. The zero-order valence-corrected chi connectivity index (χ0v) is 13.0. The normalized spacial score (nSPS) is 10.7. The largest absolute Gasteiger partial charge is 0.385 e. The molecule has 0 radical (unpaired) electrons. The van der Waals surface area contributed by atoms with Gasteiger partial charge in [-0.3, -0.25) is 4.79 Å². The molecule has 0 atom stereocenters. The Labute approximate surface area is 138 Å². The van der Waals surface area contributed by atoms with Gasteiger partial charge in [-0.25, -0.2) is 0 Å². The van der Waals surface area contributed by atoms with Gasteiger partial charge in [0.05, 0.1) is 0 Å². The van der Waals surface area contributed by atoms with Crippen LogP contribution in [0.1, 0.15) is 5.56 Å². The summed E-state index contributed by atoms with van der Waals surface area (Å²) in [6.45, 7) is 0.413. The molecule has 0 aliphatic rings. The molecule has 0 aliphatic carbocycles. The van der Waals surface area contributed by atoms with Crippen molar-refractivity contribution in [3.63, 3.8) is 0 Å². The molecule has 1 N–H and O–H groups in total. The van der Waals surface area contributed by atoms with Crippen molar-refractivity contribution in [3.05, 3.63) is 59.1 Å². The minimum absolute atomic E-state index is 0.117. The van der Waals surface area contributed by atoms with Crippen molar-refractivity contribution >= 4 is 28.5 Å². The monoisotopic (exact) mass is 330 g/mol. The topological polar surface area (TPSA) is 69.0 Å². The van der Waals surface area contributed by atoms with E-state index < -0.39 is 0 Å². The number of benzene rings is 2. The first-order valence-corrected chi connectivity index (χ1v) is 7.55. The van der Waals surface area contributed by atoms with Crippen molar-refractivity contribution in [3.8, 4) is 0 Å². The van der Waals surface area contributed by atoms with Crippen molar-refractivity contribution in [1.29, 1.82) is 0 Å². The zero-order chi connectivity index (χ0) is 16.1. The van der Waals surface area contributed by atoms with Gasteiger partial charge in [-0.05, 0) is 41.5 Å². The summed E-state index contributed by atoms with van der Waals surface area (Å²) < 4.78 is 0. The van der Waals surface area contributed by atoms with Crippen molar-refractivity contribution in [1.82, 2.24) is 20.5 Å². The van der Waals surface area contributed by atoms with E-state index in [0.29, 0.717) is 11.6 Å². The van der Waals surface area contributed by atoms with Crippen molar-refractivity contribution in [2.24, 2.45) is 0 Å². The van der Waals surface area contributed by atoms with E-state index >= 15 is 0 Å². The quantitative estimate of drug-likeness (QED) is 0.749. The number of fused-ring (bicyclic) bond motifs is 1. The highest BCUT2D eigenvalue weighted by Crippen LogP contribution is 2.09. The number of para-hydroxylation sites is 1. The lowest BCUT2D eigenvalue weighted by Gasteiger charge is -2.07. The second kappa shape index (κ2) is 7.11. The molecule has 1 amide bonds. The summed E-state index contributed by atoms with van der Waals surface area (Å²) in [4.78, 5) is 18.4. The summed E-state index contributed by atoms with van der Waals surface area (Å²) in [5, 5.41) is 11.3. The molecule has 3 rings (SSSR count). The third kappa shape index (κ3) is 3.98. The highest BCUT2D eigenvalue weighted by atomic mass is 35.5. The minimum atomic E-state index is -0.210. The average Bonchev–Trinajstić information content (AvgIpc) is 2.98. The van der Waals surface area contributed by atoms with Crippen LogP contribution in [0.15, 0.2) is 48.5 Å². The predicted molar refractivity (Wildman–Crippen MR) is 87.1 cm³/mol. The number of aromatic nitrogens is 3. The van der Waals surface area contributed by atoms with E-state index in [1.165, 1.54) is 4.85 Å². The lowest BCUT2D eigenvalue weighted by molar-refractivity contribution is -0.126. The van der Waals surface area contributed by atoms with Gasteiger partial charge in [0.15, 0.2) is 6.61 Å². The molecule has 3 aromatic rings. The maximum absolute atomic E-state index is 11.8. The Morgan fingerprint density at radius 3 is 2.78 bits per heavy atom. The molecule has 1 aromatic heterocycles. The van der Waals surface area contributed by atoms with Crippen molar-refractivity contribution < 1.29 is 9.63 Å². The first kappa shape index (κ1) is 15.3. The Balaban J connectivity index is 1.45. The van der Waals surface area contributed by atoms with E-state index in [-0.39, 0.29) is 12.5 Å². The first-order chi connectivity index (χ1) is 11.2. The van der Waals surface area contributed by atoms with Gasteiger partial charge >= 0.3 is 0 Å². The average molecular weight is 331 g/mol. The van der Waals surface area contributed by atoms with Crippen molar-refractivity contribution in [2.45, 2.75) is 6.42 Å². The SMILES string of the molecule is O=C(COn1nnc2ccccc21)NCCc1ccc(Cl)cc1. The van der Waals surface area contributed by atoms with Crippen molar-refractivity contribution in [2.75, 3.05) is 13.2 Å². The fourth-order valence-electron chi connectivity index (χ4n) is 2.11. The van der Waals surface area contributed by atoms with Gasteiger partial charge in [-0.15, -0.1) is 5.10 Å². The summed E-state index contributed by atoms with van der Waals surface area (Å²) in [5.74, 6) is -0.210. The van der Waals surface area contributed by atoms with Gasteiger partial charge in [-0.2, -0.15) is 0 Å². The Morgan fingerprint density at radius 1 is 1.17 bits per heavy atom. The first-order valence-electron chi connectivity index (χ1n) is 7.17. The smallest absolute Gasteiger partial charge is 0.260 e. The van der Waals surface area contributed by atoms with Gasteiger partial charge in [0.1, 0.15) is 11.0 Å². The number of halogens is 1. The fourth-order valence-corrected chi connectivity index (χ4v) is 2.24. The molecule has 23 heavy (non-hydrogen) atoms. The van der Waals surface area contributed by atoms with Crippen LogP contribution in [-0.4, -0.2) is 34.2 Å². The molecule has 0 saturated heterocycles. The predicted octanol–water partition coefficient (Wildman–Crippen LogP) is 1.87. The van der Waals surface area contributed by atoms with E-state index in [4.69, 9.17) is 16.4 Å². The molecular formula is C16H15ClN4O2. The maximum atomic E-state index is 11.8. The minimum Gasteiger partial charge on any atom is -0.385 e. The van der Waals surface area contributed by atoms with Crippen LogP contribution in [0, 0.1) is 0 Å². The number of carbonyl (C=O) groups is 1. The summed E-state index contributed by atoms with van der Waals surface area (Å²) >= 11 is 5.83. The van der Waals surface area contributed by atoms with Crippen LogP contribution in [0.4, 0.5) is 0 Å². The number of amides is 1. The molecule has 0 unspecified atom stereocenters. The van der Waals surface area contributed by atoms with Crippen LogP contribution >= 0.6 is 11.6 Å². The number of nitrogens with one attached hydrogen (secondary N) is 1. The molecular weight excluding hydrogens is 316 g/mol. The number of carbonyl (C=O) groups excluding carboxylic acids is 1. The van der Waals surface area contributed by atoms with Gasteiger partial charge in [0.2, 0.25) is 0 Å². The highest BCUT2D eigenvalue weighted by molar-refractivity contribution is 6.30. The molecule has 0 bridgehead atoms. The number of hydrogen-bond donors (Lipinski definition) is 1. The number of rotatable bonds is 6. The van der Waals surface area contributed by atoms with Gasteiger partial charge in [0, 0.05) is 11.6 Å². The summed E-state index contributed by atoms with van der Waals surface area (Å²) in [6.07, 6.45) is 0.731. The Morgan fingerprint density at radius 2 is 1.96 bits per heavy atom. The third-order valence-electron chi connectivity index (χ3n) is 3.29. The Hall–Kier alpha value is -2.60. The highest BCUT2D eigenvalue weighted by Gasteiger charge is 2.07. The molecule has 0 aliphatic heterocycles. The van der Waals surface area contributed by atoms with Crippen LogP contribution < -0.4 is 10.2 Å². The van der Waals surface area contributed by atoms with E-state index in [2.05, 4.69) is 15.6 Å². The van der Waals surface area contributed by atoms with E-state index in [0.717, 1.165) is 23.0 Å². The molecule has 7 heteroatoms. The fraction of sp³-hybridized carbons (Fsp3) is 0.188. The third-order valence-corrected chi connectivity index (χ3v) is 3.54. The molecule has 1 heterocycles. The number of hydrogen-bond acceptors (Lipinski definition) is 4. The Bertz CT molecular complexity index is 801. The maximum Gasteiger partial charge on any atom is 0.260 e. The lowest BCUT2D eigenvalue weighted by Crippen LogP contribution is -2.33. The van der Waals surface area contributed by atoms with Crippen LogP contribution in [-0.2, 0) is 11.2 Å². The lowest BCUT2D eigenvalue weighted by atomic mass is 10.1. The zero-order valence-electron chi connectivity index (χ0n) is 12.3. The van der Waals surface area contributed by atoms with Crippen LogP contribution in [0.25, 0.3) is 11.0 Å². The van der Waals surface area contributed by atoms with Gasteiger partial charge in [-0.1, -0.05) is 40.7 Å². The molecule has 118 valence electrons. The second-order valence-corrected chi connectivity index (χ2v) is 5.39. The van der Waals surface area contributed by atoms with E-state index in [1.807, 2.05) is 48.5 Å². The van der Waals surface area contributed by atoms with Crippen LogP contribution in [0.2, 0.25) is 5.02 Å². The van der Waals surface area contributed by atoms with Crippen LogP contribution in [0.5, 0.6) is 0 Å². The molecule has 0 fully saturated rings. The second-order valence-electron chi connectivity index (χ2n) is 4.95. The summed E-state index contributed by atoms with van der Waals surface area (Å²) in [7, 11) is 0. The summed E-state index contributed by atoms with van der Waals surface area (Å²) in [6, 6.07) is 14.9. The van der Waals surface area contributed by atoms with Crippen LogP contribution in [0.3, 0.4) is 0 Å². The number of nitrogens with zero attached hydrogens (tertiary/aromatic N) is 3. The molecule has 2 aromatic carbocycles. The molecule has 6 nitrogen and oxygen atoms in total. The van der Waals surface area contributed by atoms with E-state index in [1.54, 1.807) is 0 Å². The molecule has 0 saturated carbocycles. The standard InChI is InChI=1S/C16H15ClN4O2/c17-13-7-5-12(6-8-13)9-10-18-16(22)11-23-21-15-4-2-1-3-14(15)19-20-21/h1-8H,9-11H2,(H,18,22). The van der Waals surface area contributed by atoms with E-state index in [9.17, 15) is 4.79 Å². The summed E-state index contributed by atoms with van der Waals surface area (Å²) in [5.41, 5.74) is 2.55. The van der Waals surface area contributed by atoms with Gasteiger partial charge in [0.25, 0.3) is 5.91 Å². The molecule has 0 spiro atoms. The van der Waals surface area contributed by atoms with Gasteiger partial charge < -0.3 is 10.2 Å².